The van der Waals surface area contributed by atoms with Crippen LogP contribution in [-0.4, -0.2) is 70.6 Å². The van der Waals surface area contributed by atoms with Gasteiger partial charge in [-0.05, 0) is 44.6 Å². The van der Waals surface area contributed by atoms with Gasteiger partial charge in [0.25, 0.3) is 0 Å². The van der Waals surface area contributed by atoms with Crippen molar-refractivity contribution in [2.24, 2.45) is 10.9 Å². The molecule has 0 amide bonds. The maximum atomic E-state index is 6.18. The van der Waals surface area contributed by atoms with Crippen LogP contribution in [0.5, 0.6) is 0 Å². The number of benzene rings is 1. The van der Waals surface area contributed by atoms with E-state index in [4.69, 9.17) is 14.2 Å². The second-order valence-corrected chi connectivity index (χ2v) is 8.44. The summed E-state index contributed by atoms with van der Waals surface area (Å²) in [4.78, 5) is 6.91. The summed E-state index contributed by atoms with van der Waals surface area (Å²) in [6.45, 7) is 7.38. The van der Waals surface area contributed by atoms with Crippen LogP contribution in [0.3, 0.4) is 0 Å². The maximum Gasteiger partial charge on any atom is 0.193 e. The first-order chi connectivity index (χ1) is 14.7. The summed E-state index contributed by atoms with van der Waals surface area (Å²) in [7, 11) is 3.62. The Balaban J connectivity index is 0.00000341. The molecule has 31 heavy (non-hydrogen) atoms. The molecule has 0 saturated carbocycles. The summed E-state index contributed by atoms with van der Waals surface area (Å²) in [5.74, 6) is 1.46. The Morgan fingerprint density at radius 1 is 1.16 bits per heavy atom. The zero-order chi connectivity index (χ0) is 21.2. The third-order valence-electron chi connectivity index (χ3n) is 6.17. The van der Waals surface area contributed by atoms with Crippen LogP contribution in [-0.2, 0) is 14.2 Å². The van der Waals surface area contributed by atoms with E-state index in [9.17, 15) is 0 Å². The van der Waals surface area contributed by atoms with Gasteiger partial charge in [0.15, 0.2) is 5.96 Å². The van der Waals surface area contributed by atoms with Crippen LogP contribution < -0.4 is 5.32 Å². The predicted octanol–water partition coefficient (Wildman–Crippen LogP) is 4.17. The number of ether oxygens (including phenoxy) is 3. The van der Waals surface area contributed by atoms with Gasteiger partial charge >= 0.3 is 0 Å². The van der Waals surface area contributed by atoms with Gasteiger partial charge in [-0.3, -0.25) is 4.99 Å². The number of aryl methyl sites for hydroxylation is 1. The van der Waals surface area contributed by atoms with E-state index in [1.807, 2.05) is 7.05 Å². The van der Waals surface area contributed by atoms with Crippen molar-refractivity contribution in [3.05, 3.63) is 35.4 Å². The minimum atomic E-state index is 0. The Morgan fingerprint density at radius 2 is 1.90 bits per heavy atom. The standard InChI is InChI=1S/C24H39N3O3.HI/c1-19-7-9-20(10-8-19)23-21(6-4-16-30-23)18-26-24(25-2)27-13-11-22(12-14-27)29-17-5-15-28-3;/h7-10,21-23H,4-6,11-18H2,1-3H3,(H,25,26);1H. The van der Waals surface area contributed by atoms with Crippen LogP contribution >= 0.6 is 24.0 Å². The molecular formula is C24H40IN3O3. The van der Waals surface area contributed by atoms with Gasteiger partial charge in [0, 0.05) is 59.5 Å². The fourth-order valence-corrected chi connectivity index (χ4v) is 4.42. The molecular weight excluding hydrogens is 505 g/mol. The number of hydrogen-bond acceptors (Lipinski definition) is 4. The molecule has 3 rings (SSSR count). The largest absolute Gasteiger partial charge is 0.385 e. The lowest BCUT2D eigenvalue weighted by molar-refractivity contribution is -0.0268. The molecule has 0 radical (unpaired) electrons. The highest BCUT2D eigenvalue weighted by atomic mass is 127. The van der Waals surface area contributed by atoms with Crippen LogP contribution in [0.15, 0.2) is 29.3 Å². The van der Waals surface area contributed by atoms with E-state index in [1.54, 1.807) is 7.11 Å². The van der Waals surface area contributed by atoms with Gasteiger partial charge in [-0.2, -0.15) is 0 Å². The number of nitrogens with one attached hydrogen (secondary N) is 1. The van der Waals surface area contributed by atoms with Crippen LogP contribution in [0, 0.1) is 12.8 Å². The van der Waals surface area contributed by atoms with E-state index in [0.717, 1.165) is 71.1 Å². The fraction of sp³-hybridized carbons (Fsp3) is 0.708. The third kappa shape index (κ3) is 8.18. The maximum absolute atomic E-state index is 6.18. The van der Waals surface area contributed by atoms with Gasteiger partial charge in [0.1, 0.15) is 0 Å². The van der Waals surface area contributed by atoms with Gasteiger partial charge in [-0.25, -0.2) is 0 Å². The Kier molecular flexibility index (Phi) is 12.1. The number of aliphatic imine (C=N–C) groups is 1. The Labute approximate surface area is 205 Å². The fourth-order valence-electron chi connectivity index (χ4n) is 4.42. The van der Waals surface area contributed by atoms with Crippen molar-refractivity contribution in [3.63, 3.8) is 0 Å². The molecule has 2 fully saturated rings. The summed E-state index contributed by atoms with van der Waals surface area (Å²) in [5, 5.41) is 3.63. The lowest BCUT2D eigenvalue weighted by atomic mass is 9.89. The zero-order valence-electron chi connectivity index (χ0n) is 19.3. The van der Waals surface area contributed by atoms with Crippen molar-refractivity contribution in [1.29, 1.82) is 0 Å². The highest BCUT2D eigenvalue weighted by Crippen LogP contribution is 2.33. The average molecular weight is 546 g/mol. The quantitative estimate of drug-likeness (QED) is 0.230. The molecule has 7 heteroatoms. The molecule has 6 nitrogen and oxygen atoms in total. The predicted molar refractivity (Wildman–Crippen MR) is 136 cm³/mol. The highest BCUT2D eigenvalue weighted by molar-refractivity contribution is 14.0. The molecule has 2 atom stereocenters. The summed E-state index contributed by atoms with van der Waals surface area (Å²) in [5.41, 5.74) is 2.57. The molecule has 176 valence electrons. The van der Waals surface area contributed by atoms with Crippen LogP contribution in [0.4, 0.5) is 0 Å². The molecule has 0 spiro atoms. The molecule has 1 aromatic rings. The number of rotatable bonds is 8. The number of halogens is 1. The smallest absolute Gasteiger partial charge is 0.193 e. The third-order valence-corrected chi connectivity index (χ3v) is 6.17. The molecule has 0 bridgehead atoms. The topological polar surface area (TPSA) is 55.3 Å². The van der Waals surface area contributed by atoms with Crippen molar-refractivity contribution in [2.45, 2.75) is 51.2 Å². The van der Waals surface area contributed by atoms with E-state index in [0.29, 0.717) is 12.0 Å². The molecule has 1 aromatic carbocycles. The molecule has 2 heterocycles. The van der Waals surface area contributed by atoms with Gasteiger partial charge in [-0.15, -0.1) is 24.0 Å². The van der Waals surface area contributed by atoms with E-state index < -0.39 is 0 Å². The lowest BCUT2D eigenvalue weighted by Crippen LogP contribution is -2.48. The van der Waals surface area contributed by atoms with Crippen molar-refractivity contribution in [1.82, 2.24) is 10.2 Å². The highest BCUT2D eigenvalue weighted by Gasteiger charge is 2.28. The van der Waals surface area contributed by atoms with Crippen molar-refractivity contribution in [3.8, 4) is 0 Å². The number of hydrogen-bond donors (Lipinski definition) is 1. The summed E-state index contributed by atoms with van der Waals surface area (Å²) < 4.78 is 17.3. The molecule has 0 aromatic heterocycles. The van der Waals surface area contributed by atoms with Gasteiger partial charge < -0.3 is 24.4 Å². The molecule has 2 aliphatic heterocycles. The molecule has 2 saturated heterocycles. The van der Waals surface area contributed by atoms with E-state index in [1.165, 1.54) is 17.5 Å². The molecule has 2 aliphatic rings. The van der Waals surface area contributed by atoms with E-state index in [2.05, 4.69) is 46.4 Å². The first-order valence-corrected chi connectivity index (χ1v) is 11.5. The second kappa shape index (κ2) is 14.3. The zero-order valence-corrected chi connectivity index (χ0v) is 21.7. The van der Waals surface area contributed by atoms with Gasteiger partial charge in [0.05, 0.1) is 12.2 Å². The Bertz CT molecular complexity index is 648. The first kappa shape index (κ1) is 26.4. The van der Waals surface area contributed by atoms with Crippen LogP contribution in [0.25, 0.3) is 0 Å². The van der Waals surface area contributed by atoms with Crippen molar-refractivity contribution < 1.29 is 14.2 Å². The minimum Gasteiger partial charge on any atom is -0.385 e. The van der Waals surface area contributed by atoms with E-state index >= 15 is 0 Å². The Morgan fingerprint density at radius 3 is 2.58 bits per heavy atom. The number of methoxy groups -OCH3 is 1. The van der Waals surface area contributed by atoms with Crippen LogP contribution in [0.1, 0.15) is 49.3 Å². The number of nitrogens with zero attached hydrogens (tertiary/aromatic N) is 2. The van der Waals surface area contributed by atoms with Gasteiger partial charge in [0.2, 0.25) is 0 Å². The normalized spacial score (nSPS) is 22.8. The second-order valence-electron chi connectivity index (χ2n) is 8.44. The van der Waals surface area contributed by atoms with Crippen molar-refractivity contribution >= 4 is 29.9 Å². The number of piperidine rings is 1. The average Bonchev–Trinajstić information content (AvgIpc) is 2.79. The molecule has 1 N–H and O–H groups in total. The Hall–Kier alpha value is -0.900. The summed E-state index contributed by atoms with van der Waals surface area (Å²) >= 11 is 0. The molecule has 2 unspecified atom stereocenters. The lowest BCUT2D eigenvalue weighted by Gasteiger charge is -2.36. The number of guanidine groups is 1. The monoisotopic (exact) mass is 545 g/mol. The summed E-state index contributed by atoms with van der Waals surface area (Å²) in [6.07, 6.45) is 5.88. The van der Waals surface area contributed by atoms with Gasteiger partial charge in [-0.1, -0.05) is 29.8 Å². The van der Waals surface area contributed by atoms with E-state index in [-0.39, 0.29) is 30.1 Å². The SMILES string of the molecule is CN=C(NCC1CCCOC1c1ccc(C)cc1)N1CCC(OCCCOC)CC1.I. The molecule has 0 aliphatic carbocycles. The first-order valence-electron chi connectivity index (χ1n) is 11.5. The summed E-state index contributed by atoms with van der Waals surface area (Å²) in [6, 6.07) is 8.78. The minimum absolute atomic E-state index is 0. The van der Waals surface area contributed by atoms with Crippen molar-refractivity contribution in [2.75, 3.05) is 53.6 Å². The van der Waals surface area contributed by atoms with Crippen LogP contribution in [0.2, 0.25) is 0 Å². The number of likely N-dealkylation sites (tertiary alicyclic amines) is 1.